The number of halogens is 5. The molecule has 1 aliphatic rings. The van der Waals surface area contributed by atoms with Crippen LogP contribution in [0.1, 0.15) is 41.3 Å². The maximum atomic E-state index is 15.3. The van der Waals surface area contributed by atoms with Crippen LogP contribution in [0, 0.1) is 26.8 Å². The molecule has 0 unspecified atom stereocenters. The van der Waals surface area contributed by atoms with Crippen LogP contribution in [0.15, 0.2) is 36.5 Å². The number of hydrogen-bond donors (Lipinski definition) is 3. The lowest BCUT2D eigenvalue weighted by atomic mass is 9.99. The van der Waals surface area contributed by atoms with E-state index in [1.54, 1.807) is 6.07 Å². The number of carbonyl (C=O) groups excluding carboxylic acids is 1. The highest BCUT2D eigenvalue weighted by atomic mass is 127. The Morgan fingerprint density at radius 2 is 1.78 bits per heavy atom. The smallest absolute Gasteiger partial charge is 0.253 e. The Balaban J connectivity index is 1.75. The fourth-order valence-electron chi connectivity index (χ4n) is 3.44. The van der Waals surface area contributed by atoms with Crippen LogP contribution in [0.4, 0.5) is 34.8 Å². The molecule has 0 spiro atoms. The maximum Gasteiger partial charge on any atom is 0.253 e. The van der Waals surface area contributed by atoms with Crippen LogP contribution in [0.5, 0.6) is 0 Å². The van der Waals surface area contributed by atoms with E-state index in [9.17, 15) is 17.6 Å². The summed E-state index contributed by atoms with van der Waals surface area (Å²) in [5.74, 6) is -6.23. The number of sulfonamides is 1. The lowest BCUT2D eigenvalue weighted by Gasteiger charge is -2.17. The molecule has 1 heterocycles. The minimum absolute atomic E-state index is 0.112. The fourth-order valence-corrected chi connectivity index (χ4v) is 4.48. The van der Waals surface area contributed by atoms with Gasteiger partial charge < -0.3 is 10.6 Å². The normalized spacial score (nSPS) is 13.4. The molecule has 4 rings (SSSR count). The highest BCUT2D eigenvalue weighted by Crippen LogP contribution is 2.33. The standard InChI is InChI=1S/C24H21F4IN4O3S/c1-2-37(35,36)33-23-20(27)12(7-8-30-23)9-13-10-16(24(34)31-15-4-5-15)22(21(28)19(13)26)32-18-6-3-14(29)11-17(18)25/h3,6-8,10-11,15,32H,2,4-5,9H2,1H3,(H,30,33)(H,31,34). The van der Waals surface area contributed by atoms with Crippen molar-refractivity contribution >= 4 is 55.7 Å². The number of anilines is 3. The van der Waals surface area contributed by atoms with Gasteiger partial charge in [0.25, 0.3) is 5.91 Å². The lowest BCUT2D eigenvalue weighted by molar-refractivity contribution is 0.0951. The molecule has 2 aromatic carbocycles. The average Bonchev–Trinajstić information content (AvgIpc) is 3.66. The molecule has 0 bridgehead atoms. The molecule has 1 amide bonds. The van der Waals surface area contributed by atoms with Crippen LogP contribution in [-0.4, -0.2) is 31.1 Å². The van der Waals surface area contributed by atoms with Crippen molar-refractivity contribution in [3.63, 3.8) is 0 Å². The highest BCUT2D eigenvalue weighted by molar-refractivity contribution is 14.1. The summed E-state index contributed by atoms with van der Waals surface area (Å²) in [4.78, 5) is 16.6. The molecule has 1 aliphatic carbocycles. The number of benzene rings is 2. The minimum Gasteiger partial charge on any atom is -0.350 e. The summed E-state index contributed by atoms with van der Waals surface area (Å²) in [7, 11) is -3.84. The summed E-state index contributed by atoms with van der Waals surface area (Å²) >= 11 is 1.89. The largest absolute Gasteiger partial charge is 0.350 e. The van der Waals surface area contributed by atoms with Gasteiger partial charge in [0.15, 0.2) is 23.3 Å². The second kappa shape index (κ2) is 10.8. The van der Waals surface area contributed by atoms with E-state index in [0.29, 0.717) is 3.57 Å². The van der Waals surface area contributed by atoms with Crippen LogP contribution in [0.2, 0.25) is 0 Å². The summed E-state index contributed by atoms with van der Waals surface area (Å²) in [5, 5.41) is 5.17. The molecule has 3 aromatic rings. The van der Waals surface area contributed by atoms with Gasteiger partial charge in [-0.2, -0.15) is 0 Å². The van der Waals surface area contributed by atoms with Crippen LogP contribution in [-0.2, 0) is 16.4 Å². The van der Waals surface area contributed by atoms with Gasteiger partial charge in [0.2, 0.25) is 10.0 Å². The number of nitrogens with zero attached hydrogens (tertiary/aromatic N) is 1. The Bertz CT molecular complexity index is 1480. The number of hydrogen-bond acceptors (Lipinski definition) is 5. The van der Waals surface area contributed by atoms with E-state index in [1.165, 1.54) is 25.1 Å². The molecule has 13 heteroatoms. The molecular formula is C24H21F4IN4O3S. The van der Waals surface area contributed by atoms with Crippen molar-refractivity contribution in [3.8, 4) is 0 Å². The zero-order chi connectivity index (χ0) is 26.9. The topological polar surface area (TPSA) is 100 Å². The zero-order valence-electron chi connectivity index (χ0n) is 19.3. The monoisotopic (exact) mass is 648 g/mol. The van der Waals surface area contributed by atoms with Crippen LogP contribution in [0.3, 0.4) is 0 Å². The second-order valence-electron chi connectivity index (χ2n) is 8.40. The number of amides is 1. The minimum atomic E-state index is -3.84. The SMILES string of the molecule is CCS(=O)(=O)Nc1nccc(Cc2cc(C(=O)NC3CC3)c(Nc3ccc(I)cc3F)c(F)c2F)c1F. The Morgan fingerprint density at radius 1 is 1.05 bits per heavy atom. The van der Waals surface area contributed by atoms with Gasteiger partial charge in [0.1, 0.15) is 5.82 Å². The molecule has 0 atom stereocenters. The van der Waals surface area contributed by atoms with E-state index in [-0.39, 0.29) is 34.2 Å². The van der Waals surface area contributed by atoms with Gasteiger partial charge in [-0.25, -0.2) is 31.0 Å². The van der Waals surface area contributed by atoms with Gasteiger partial charge in [-0.05, 0) is 83.8 Å². The van der Waals surface area contributed by atoms with Crippen molar-refractivity contribution in [1.82, 2.24) is 10.3 Å². The van der Waals surface area contributed by atoms with Gasteiger partial charge in [-0.3, -0.25) is 9.52 Å². The molecule has 196 valence electrons. The Labute approximate surface area is 224 Å². The Kier molecular flexibility index (Phi) is 7.92. The lowest BCUT2D eigenvalue weighted by Crippen LogP contribution is -2.27. The van der Waals surface area contributed by atoms with E-state index < -0.39 is 57.1 Å². The van der Waals surface area contributed by atoms with Crippen LogP contribution in [0.25, 0.3) is 0 Å². The zero-order valence-corrected chi connectivity index (χ0v) is 22.3. The summed E-state index contributed by atoms with van der Waals surface area (Å²) in [5.41, 5.74) is -1.56. The molecule has 0 radical (unpaired) electrons. The molecule has 37 heavy (non-hydrogen) atoms. The maximum absolute atomic E-state index is 15.3. The third kappa shape index (κ3) is 6.32. The molecule has 0 aliphatic heterocycles. The summed E-state index contributed by atoms with van der Waals surface area (Å²) < 4.78 is 86.2. The van der Waals surface area contributed by atoms with Gasteiger partial charge in [-0.15, -0.1) is 0 Å². The van der Waals surface area contributed by atoms with E-state index >= 15 is 13.2 Å². The first-order chi connectivity index (χ1) is 17.5. The van der Waals surface area contributed by atoms with Crippen molar-refractivity contribution in [2.45, 2.75) is 32.2 Å². The predicted octanol–water partition coefficient (Wildman–Crippen LogP) is 5.23. The van der Waals surface area contributed by atoms with Crippen molar-refractivity contribution in [2.75, 3.05) is 15.8 Å². The molecule has 7 nitrogen and oxygen atoms in total. The number of aromatic nitrogens is 1. The van der Waals surface area contributed by atoms with Crippen molar-refractivity contribution in [1.29, 1.82) is 0 Å². The molecule has 1 fully saturated rings. The molecule has 1 aromatic heterocycles. The fraction of sp³-hybridized carbons (Fsp3) is 0.250. The van der Waals surface area contributed by atoms with Gasteiger partial charge in [0.05, 0.1) is 22.7 Å². The van der Waals surface area contributed by atoms with Crippen LogP contribution >= 0.6 is 22.6 Å². The number of carbonyl (C=O) groups is 1. The quantitative estimate of drug-likeness (QED) is 0.218. The number of nitrogens with one attached hydrogen (secondary N) is 3. The van der Waals surface area contributed by atoms with E-state index in [2.05, 4.69) is 15.6 Å². The van der Waals surface area contributed by atoms with Crippen molar-refractivity contribution < 1.29 is 30.8 Å². The molecule has 3 N–H and O–H groups in total. The van der Waals surface area contributed by atoms with E-state index in [4.69, 9.17) is 0 Å². The van der Waals surface area contributed by atoms with Crippen molar-refractivity contribution in [3.05, 3.63) is 80.1 Å². The number of rotatable bonds is 9. The Morgan fingerprint density at radius 3 is 2.43 bits per heavy atom. The van der Waals surface area contributed by atoms with Gasteiger partial charge >= 0.3 is 0 Å². The van der Waals surface area contributed by atoms with Gasteiger partial charge in [0, 0.05) is 22.2 Å². The first-order valence-corrected chi connectivity index (χ1v) is 13.9. The summed E-state index contributed by atoms with van der Waals surface area (Å²) in [6, 6.07) is 6.21. The van der Waals surface area contributed by atoms with E-state index in [0.717, 1.165) is 25.1 Å². The number of pyridine rings is 1. The summed E-state index contributed by atoms with van der Waals surface area (Å²) in [6.07, 6.45) is 2.07. The van der Waals surface area contributed by atoms with Crippen LogP contribution < -0.4 is 15.4 Å². The molecular weight excluding hydrogens is 627 g/mol. The highest BCUT2D eigenvalue weighted by Gasteiger charge is 2.29. The average molecular weight is 648 g/mol. The van der Waals surface area contributed by atoms with Gasteiger partial charge in [-0.1, -0.05) is 0 Å². The summed E-state index contributed by atoms with van der Waals surface area (Å²) in [6.45, 7) is 1.36. The van der Waals surface area contributed by atoms with Crippen molar-refractivity contribution in [2.24, 2.45) is 0 Å². The first kappa shape index (κ1) is 27.1. The Hall–Kier alpha value is -2.94. The predicted molar refractivity (Wildman–Crippen MR) is 139 cm³/mol. The molecule has 1 saturated carbocycles. The second-order valence-corrected chi connectivity index (χ2v) is 11.7. The third-order valence-electron chi connectivity index (χ3n) is 5.61. The third-order valence-corrected chi connectivity index (χ3v) is 7.55. The van der Waals surface area contributed by atoms with E-state index in [1.807, 2.05) is 27.3 Å². The first-order valence-electron chi connectivity index (χ1n) is 11.2. The molecule has 0 saturated heterocycles.